The number of methoxy groups -OCH3 is 2. The van der Waals surface area contributed by atoms with Crippen LogP contribution in [0, 0.1) is 58.2 Å². The van der Waals surface area contributed by atoms with Crippen molar-refractivity contribution in [1.82, 2.24) is 0 Å². The molecule has 202 valence electrons. The Hall–Kier alpha value is -0.160. The smallest absolute Gasteiger partial charge is 0.167 e. The van der Waals surface area contributed by atoms with Gasteiger partial charge in [-0.25, -0.2) is 0 Å². The molecule has 4 nitrogen and oxygen atoms in total. The third-order valence-corrected chi connectivity index (χ3v) is 13.3. The molecule has 0 aliphatic heterocycles. The highest BCUT2D eigenvalue weighted by atomic mass is 16.7. The van der Waals surface area contributed by atoms with E-state index in [-0.39, 0.29) is 22.9 Å². The maximum atomic E-state index is 11.9. The molecule has 5 aliphatic rings. The highest BCUT2D eigenvalue weighted by Crippen LogP contribution is 2.69. The van der Waals surface area contributed by atoms with Gasteiger partial charge in [0.15, 0.2) is 5.79 Å². The Morgan fingerprint density at radius 3 is 2.31 bits per heavy atom. The molecule has 0 saturated heterocycles. The van der Waals surface area contributed by atoms with Crippen LogP contribution >= 0.6 is 0 Å². The average molecular weight is 491 g/mol. The normalized spacial score (nSPS) is 51.0. The number of ether oxygens (including phenoxy) is 2. The first-order chi connectivity index (χ1) is 16.4. The van der Waals surface area contributed by atoms with Gasteiger partial charge in [-0.15, -0.1) is 0 Å². The molecule has 0 aromatic rings. The van der Waals surface area contributed by atoms with E-state index in [9.17, 15) is 10.2 Å². The average Bonchev–Trinajstić information content (AvgIpc) is 3.44. The number of aliphatic hydroxyl groups excluding tert-OH is 1. The number of hydrogen-bond acceptors (Lipinski definition) is 4. The number of fused-ring (bicyclic) bond motifs is 5. The van der Waals surface area contributed by atoms with Gasteiger partial charge >= 0.3 is 0 Å². The van der Waals surface area contributed by atoms with Gasteiger partial charge in [0.25, 0.3) is 0 Å². The maximum absolute atomic E-state index is 11.9. The van der Waals surface area contributed by atoms with E-state index in [0.29, 0.717) is 29.6 Å². The summed E-state index contributed by atoms with van der Waals surface area (Å²) < 4.78 is 11.8. The van der Waals surface area contributed by atoms with Gasteiger partial charge < -0.3 is 19.7 Å². The van der Waals surface area contributed by atoms with Crippen LogP contribution in [0.4, 0.5) is 0 Å². The van der Waals surface area contributed by atoms with Crippen molar-refractivity contribution in [3.63, 3.8) is 0 Å². The van der Waals surface area contributed by atoms with Crippen molar-refractivity contribution in [2.75, 3.05) is 14.2 Å². The van der Waals surface area contributed by atoms with E-state index in [0.717, 1.165) is 56.8 Å². The van der Waals surface area contributed by atoms with E-state index in [4.69, 9.17) is 9.47 Å². The minimum atomic E-state index is -0.688. The number of rotatable bonds is 7. The fourth-order valence-electron chi connectivity index (χ4n) is 10.7. The Bertz CT molecular complexity index is 776. The molecular formula is C31H54O4. The first kappa shape index (κ1) is 26.4. The Balaban J connectivity index is 1.33. The van der Waals surface area contributed by atoms with Crippen LogP contribution in [-0.4, -0.2) is 41.9 Å². The lowest BCUT2D eigenvalue weighted by Gasteiger charge is -2.63. The lowest BCUT2D eigenvalue weighted by molar-refractivity contribution is -0.266. The summed E-state index contributed by atoms with van der Waals surface area (Å²) >= 11 is 0. The number of aliphatic hydroxyl groups is 2. The Kier molecular flexibility index (Phi) is 6.77. The van der Waals surface area contributed by atoms with Gasteiger partial charge in [-0.3, -0.25) is 0 Å². The van der Waals surface area contributed by atoms with Gasteiger partial charge in [-0.1, -0.05) is 27.7 Å². The zero-order valence-corrected chi connectivity index (χ0v) is 23.7. The molecule has 0 aromatic carbocycles. The van der Waals surface area contributed by atoms with Crippen molar-refractivity contribution in [2.24, 2.45) is 58.2 Å². The molecule has 4 heteroatoms. The summed E-state index contributed by atoms with van der Waals surface area (Å²) in [7, 11) is 3.59. The van der Waals surface area contributed by atoms with Gasteiger partial charge in [-0.05, 0) is 117 Å². The first-order valence-electron chi connectivity index (χ1n) is 14.9. The summed E-state index contributed by atoms with van der Waals surface area (Å²) in [6.45, 7) is 11.7. The summed E-state index contributed by atoms with van der Waals surface area (Å²) in [5.74, 6) is 4.58. The Morgan fingerprint density at radius 1 is 1.00 bits per heavy atom. The van der Waals surface area contributed by atoms with Gasteiger partial charge in [0.1, 0.15) is 0 Å². The number of hydrogen-bond donors (Lipinski definition) is 2. The second-order valence-electron chi connectivity index (χ2n) is 14.7. The molecule has 0 spiro atoms. The van der Waals surface area contributed by atoms with E-state index >= 15 is 0 Å². The molecular weight excluding hydrogens is 436 g/mol. The van der Waals surface area contributed by atoms with Crippen LogP contribution in [0.5, 0.6) is 0 Å². The van der Waals surface area contributed by atoms with Crippen molar-refractivity contribution in [1.29, 1.82) is 0 Å². The van der Waals surface area contributed by atoms with Crippen molar-refractivity contribution in [3.05, 3.63) is 0 Å². The zero-order chi connectivity index (χ0) is 25.4. The summed E-state index contributed by atoms with van der Waals surface area (Å²) in [5.41, 5.74) is -0.601. The molecule has 5 saturated carbocycles. The molecule has 35 heavy (non-hydrogen) atoms. The van der Waals surface area contributed by atoms with Gasteiger partial charge in [0, 0.05) is 32.5 Å². The van der Waals surface area contributed by atoms with Gasteiger partial charge in [-0.2, -0.15) is 0 Å². The van der Waals surface area contributed by atoms with Crippen LogP contribution < -0.4 is 0 Å². The molecule has 5 aliphatic carbocycles. The standard InChI is InChI=1S/C31H54O4/c1-19(23-16-20(23)2)12-13-29(4,33)26-11-10-24-22-9-8-21-18-31(34-6,35-7)15-14-28(21,3)25(22)17-27(32)30(24,26)5/h19-27,32-33H,8-18H2,1-7H3. The second kappa shape index (κ2) is 8.95. The molecule has 5 fully saturated rings. The Morgan fingerprint density at radius 2 is 1.69 bits per heavy atom. The third kappa shape index (κ3) is 4.07. The van der Waals surface area contributed by atoms with E-state index in [1.165, 1.54) is 25.7 Å². The first-order valence-corrected chi connectivity index (χ1v) is 14.9. The van der Waals surface area contributed by atoms with Crippen LogP contribution in [0.25, 0.3) is 0 Å². The minimum absolute atomic E-state index is 0.165. The fraction of sp³-hybridized carbons (Fsp3) is 1.00. The topological polar surface area (TPSA) is 58.9 Å². The molecule has 5 rings (SSSR count). The predicted octanol–water partition coefficient (Wildman–Crippen LogP) is 6.43. The lowest BCUT2D eigenvalue weighted by Crippen LogP contribution is -2.61. The molecule has 0 radical (unpaired) electrons. The van der Waals surface area contributed by atoms with E-state index in [2.05, 4.69) is 34.6 Å². The van der Waals surface area contributed by atoms with Gasteiger partial charge in [0.2, 0.25) is 0 Å². The molecule has 0 aromatic heterocycles. The highest BCUT2D eigenvalue weighted by molar-refractivity contribution is 5.15. The van der Waals surface area contributed by atoms with E-state index < -0.39 is 11.4 Å². The minimum Gasteiger partial charge on any atom is -0.393 e. The van der Waals surface area contributed by atoms with E-state index in [1.54, 1.807) is 14.2 Å². The molecule has 0 heterocycles. The maximum Gasteiger partial charge on any atom is 0.167 e. The Labute approximate surface area is 214 Å². The highest BCUT2D eigenvalue weighted by Gasteiger charge is 2.66. The third-order valence-electron chi connectivity index (χ3n) is 13.3. The fourth-order valence-corrected chi connectivity index (χ4v) is 10.7. The summed E-state index contributed by atoms with van der Waals surface area (Å²) in [4.78, 5) is 0. The molecule has 2 N–H and O–H groups in total. The summed E-state index contributed by atoms with van der Waals surface area (Å²) in [5, 5.41) is 23.7. The van der Waals surface area contributed by atoms with E-state index in [1.807, 2.05) is 0 Å². The monoisotopic (exact) mass is 490 g/mol. The predicted molar refractivity (Wildman–Crippen MR) is 140 cm³/mol. The van der Waals surface area contributed by atoms with Crippen LogP contribution in [0.15, 0.2) is 0 Å². The largest absolute Gasteiger partial charge is 0.393 e. The van der Waals surface area contributed by atoms with Crippen LogP contribution in [0.3, 0.4) is 0 Å². The SMILES string of the molecule is COC1(OC)CCC2(C)C(CCC3C2CC(O)C2(C)C3CCC2C(C)(O)CCC(C)C2CC2C)C1. The van der Waals surface area contributed by atoms with Crippen molar-refractivity contribution in [2.45, 2.75) is 123 Å². The van der Waals surface area contributed by atoms with Crippen molar-refractivity contribution < 1.29 is 19.7 Å². The van der Waals surface area contributed by atoms with Crippen molar-refractivity contribution in [3.8, 4) is 0 Å². The summed E-state index contributed by atoms with van der Waals surface area (Å²) in [6, 6.07) is 0. The zero-order valence-electron chi connectivity index (χ0n) is 23.7. The second-order valence-corrected chi connectivity index (χ2v) is 14.7. The lowest BCUT2D eigenvalue weighted by atomic mass is 9.43. The van der Waals surface area contributed by atoms with Crippen LogP contribution in [-0.2, 0) is 9.47 Å². The molecule has 12 unspecified atom stereocenters. The van der Waals surface area contributed by atoms with Crippen molar-refractivity contribution >= 4 is 0 Å². The van der Waals surface area contributed by atoms with Crippen LogP contribution in [0.2, 0.25) is 0 Å². The molecule has 12 atom stereocenters. The quantitative estimate of drug-likeness (QED) is 0.404. The molecule has 0 amide bonds. The summed E-state index contributed by atoms with van der Waals surface area (Å²) in [6.07, 6.45) is 11.7. The van der Waals surface area contributed by atoms with Gasteiger partial charge in [0.05, 0.1) is 11.7 Å². The molecule has 0 bridgehead atoms. The van der Waals surface area contributed by atoms with Crippen LogP contribution in [0.1, 0.15) is 105 Å².